The number of primary sulfonamides is 1. The van der Waals surface area contributed by atoms with Crippen molar-refractivity contribution < 1.29 is 36.0 Å². The average Bonchev–Trinajstić information content (AvgIpc) is 3.43. The van der Waals surface area contributed by atoms with Crippen molar-refractivity contribution in [3.05, 3.63) is 103 Å². The highest BCUT2D eigenvalue weighted by Crippen LogP contribution is 2.54. The van der Waals surface area contributed by atoms with Gasteiger partial charge in [0.2, 0.25) is 27.7 Å². The Labute approximate surface area is 275 Å². The number of sulfonamides is 1. The topological polar surface area (TPSA) is 149 Å². The molecule has 0 aliphatic carbocycles. The minimum Gasteiger partial charge on any atom is -0.325 e. The zero-order valence-electron chi connectivity index (χ0n) is 23.0. The van der Waals surface area contributed by atoms with Gasteiger partial charge in [0, 0.05) is 21.0 Å². The quantitative estimate of drug-likeness (QED) is 0.270. The van der Waals surface area contributed by atoms with E-state index in [1.54, 1.807) is 24.3 Å². The van der Waals surface area contributed by atoms with Gasteiger partial charge in [0.1, 0.15) is 11.8 Å². The monoisotopic (exact) mass is 752 g/mol. The summed E-state index contributed by atoms with van der Waals surface area (Å²) in [6.45, 7) is -0.474. The SMILES string of the molecule is NS(=O)(=O)c1ccc(NC(=O)Cn2c3c(sc2=O)C(c2ccc(Br)cc2)C2C(=O)N(c4cccc(C(F)(F)F)c4)C(=O)C2S3)cc1. The van der Waals surface area contributed by atoms with Gasteiger partial charge in [0.25, 0.3) is 0 Å². The van der Waals surface area contributed by atoms with Gasteiger partial charge in [-0.3, -0.25) is 23.7 Å². The van der Waals surface area contributed by atoms with Crippen LogP contribution in [-0.2, 0) is 37.1 Å². The third-order valence-corrected chi connectivity index (χ3v) is 11.5. The van der Waals surface area contributed by atoms with Gasteiger partial charge in [-0.1, -0.05) is 57.2 Å². The third kappa shape index (κ3) is 5.92. The molecule has 3 unspecified atom stereocenters. The molecule has 6 rings (SSSR count). The van der Waals surface area contributed by atoms with E-state index in [-0.39, 0.29) is 21.3 Å². The Morgan fingerprint density at radius 1 is 0.978 bits per heavy atom. The van der Waals surface area contributed by atoms with Crippen LogP contribution in [0.15, 0.2) is 92.0 Å². The second-order valence-electron chi connectivity index (χ2n) is 10.4. The molecule has 0 saturated carbocycles. The van der Waals surface area contributed by atoms with Gasteiger partial charge in [-0.05, 0) is 60.2 Å². The molecular formula is C29H20BrF3N4O6S3. The maximum Gasteiger partial charge on any atom is 0.416 e. The van der Waals surface area contributed by atoms with Gasteiger partial charge in [0.15, 0.2) is 0 Å². The first kappa shape index (κ1) is 32.2. The van der Waals surface area contributed by atoms with Crippen LogP contribution in [0.3, 0.4) is 0 Å². The van der Waals surface area contributed by atoms with Crippen LogP contribution in [-0.4, -0.2) is 36.0 Å². The maximum absolute atomic E-state index is 13.9. The number of halogens is 4. The fourth-order valence-corrected chi connectivity index (χ4v) is 8.99. The first-order valence-corrected chi connectivity index (χ1v) is 17.3. The Morgan fingerprint density at radius 3 is 2.28 bits per heavy atom. The van der Waals surface area contributed by atoms with Gasteiger partial charge in [0.05, 0.1) is 27.1 Å². The van der Waals surface area contributed by atoms with Crippen LogP contribution in [0.4, 0.5) is 24.5 Å². The van der Waals surface area contributed by atoms with E-state index in [1.807, 2.05) is 0 Å². The lowest BCUT2D eigenvalue weighted by Crippen LogP contribution is -2.33. The van der Waals surface area contributed by atoms with Gasteiger partial charge >= 0.3 is 11.0 Å². The van der Waals surface area contributed by atoms with Crippen molar-refractivity contribution in [2.24, 2.45) is 11.1 Å². The van der Waals surface area contributed by atoms with Crippen molar-refractivity contribution in [3.8, 4) is 0 Å². The molecule has 10 nitrogen and oxygen atoms in total. The average molecular weight is 754 g/mol. The van der Waals surface area contributed by atoms with E-state index in [0.29, 0.717) is 10.4 Å². The zero-order valence-corrected chi connectivity index (χ0v) is 27.1. The summed E-state index contributed by atoms with van der Waals surface area (Å²) in [5.41, 5.74) is -0.401. The number of alkyl halides is 3. The smallest absolute Gasteiger partial charge is 0.325 e. The van der Waals surface area contributed by atoms with E-state index in [9.17, 15) is 40.8 Å². The van der Waals surface area contributed by atoms with Crippen LogP contribution in [0.25, 0.3) is 0 Å². The lowest BCUT2D eigenvalue weighted by molar-refractivity contribution is -0.137. The van der Waals surface area contributed by atoms with Crippen molar-refractivity contribution in [1.82, 2.24) is 4.57 Å². The molecule has 3 amide bonds. The molecule has 1 saturated heterocycles. The third-order valence-electron chi connectivity index (χ3n) is 7.48. The van der Waals surface area contributed by atoms with Gasteiger partial charge < -0.3 is 5.32 Å². The Morgan fingerprint density at radius 2 is 1.65 bits per heavy atom. The lowest BCUT2D eigenvalue weighted by Gasteiger charge is -2.30. The molecule has 1 aromatic heterocycles. The van der Waals surface area contributed by atoms with E-state index >= 15 is 0 Å². The fourth-order valence-electron chi connectivity index (χ4n) is 5.43. The molecule has 3 aromatic carbocycles. The van der Waals surface area contributed by atoms with E-state index in [0.717, 1.165) is 50.7 Å². The molecule has 4 aromatic rings. The molecule has 0 bridgehead atoms. The number of thiazole rings is 1. The second-order valence-corrected chi connectivity index (χ2v) is 15.0. The maximum atomic E-state index is 13.9. The highest BCUT2D eigenvalue weighted by Gasteiger charge is 2.57. The number of benzene rings is 3. The van der Waals surface area contributed by atoms with Crippen molar-refractivity contribution >= 4 is 78.1 Å². The normalized spacial score (nSPS) is 19.6. The predicted octanol–water partition coefficient (Wildman–Crippen LogP) is 4.77. The summed E-state index contributed by atoms with van der Waals surface area (Å²) in [6, 6.07) is 16.0. The van der Waals surface area contributed by atoms with Crippen LogP contribution < -0.4 is 20.2 Å². The Hall–Kier alpha value is -3.77. The Kier molecular flexibility index (Phi) is 8.25. The summed E-state index contributed by atoms with van der Waals surface area (Å²) in [7, 11) is -3.95. The van der Waals surface area contributed by atoms with E-state index in [2.05, 4.69) is 21.2 Å². The van der Waals surface area contributed by atoms with Crippen LogP contribution in [0.1, 0.15) is 21.9 Å². The molecule has 2 aliphatic heterocycles. The minimum atomic E-state index is -4.70. The number of imide groups is 1. The number of thioether (sulfide) groups is 1. The summed E-state index contributed by atoms with van der Waals surface area (Å²) in [6.07, 6.45) is -4.70. The number of fused-ring (bicyclic) bond motifs is 2. The van der Waals surface area contributed by atoms with E-state index < -0.39 is 68.0 Å². The lowest BCUT2D eigenvalue weighted by atomic mass is 9.83. The first-order valence-electron chi connectivity index (χ1n) is 13.3. The van der Waals surface area contributed by atoms with Crippen LogP contribution >= 0.6 is 39.0 Å². The Bertz CT molecular complexity index is 2070. The molecule has 3 atom stereocenters. The number of hydrogen-bond acceptors (Lipinski definition) is 8. The highest BCUT2D eigenvalue weighted by atomic mass is 79.9. The largest absolute Gasteiger partial charge is 0.416 e. The van der Waals surface area contributed by atoms with Crippen LogP contribution in [0.2, 0.25) is 0 Å². The number of nitrogens with one attached hydrogen (secondary N) is 1. The summed E-state index contributed by atoms with van der Waals surface area (Å²) in [4.78, 5) is 54.6. The van der Waals surface area contributed by atoms with Crippen molar-refractivity contribution in [3.63, 3.8) is 0 Å². The van der Waals surface area contributed by atoms with E-state index in [1.165, 1.54) is 34.9 Å². The summed E-state index contributed by atoms with van der Waals surface area (Å²) in [5, 5.41) is 6.88. The number of nitrogens with zero attached hydrogens (tertiary/aromatic N) is 2. The molecule has 0 radical (unpaired) electrons. The number of carbonyl (C=O) groups is 3. The minimum absolute atomic E-state index is 0.159. The van der Waals surface area contributed by atoms with Gasteiger partial charge in [-0.2, -0.15) is 13.2 Å². The molecule has 238 valence electrons. The fraction of sp³-hybridized carbons (Fsp3) is 0.172. The summed E-state index contributed by atoms with van der Waals surface area (Å²) < 4.78 is 65.5. The number of aromatic nitrogens is 1. The van der Waals surface area contributed by atoms with Crippen LogP contribution in [0, 0.1) is 5.92 Å². The van der Waals surface area contributed by atoms with E-state index in [4.69, 9.17) is 5.14 Å². The predicted molar refractivity (Wildman–Crippen MR) is 168 cm³/mol. The first-order chi connectivity index (χ1) is 21.6. The molecule has 0 spiro atoms. The summed E-state index contributed by atoms with van der Waals surface area (Å²) >= 11 is 5.10. The van der Waals surface area contributed by atoms with Gasteiger partial charge in [-0.25, -0.2) is 18.5 Å². The number of carbonyl (C=O) groups excluding carboxylic acids is 3. The van der Waals surface area contributed by atoms with Crippen LogP contribution in [0.5, 0.6) is 0 Å². The number of hydrogen-bond donors (Lipinski definition) is 2. The summed E-state index contributed by atoms with van der Waals surface area (Å²) in [5.74, 6) is -3.92. The molecule has 17 heteroatoms. The van der Waals surface area contributed by atoms with Crippen molar-refractivity contribution in [2.75, 3.05) is 10.2 Å². The molecule has 46 heavy (non-hydrogen) atoms. The van der Waals surface area contributed by atoms with Gasteiger partial charge in [-0.15, -0.1) is 0 Å². The standard InChI is InChI=1S/C29H20BrF3N4O6S3/c30-16-6-4-14(5-7-16)21-22-23(26(40)37(25(22)39)18-3-1-2-15(12-18)29(31,32)33)44-27-24(21)45-28(41)36(27)13-20(38)35-17-8-10-19(11-9-17)46(34,42)43/h1-12,21-23H,13H2,(H,35,38)(H2,34,42,43). The molecule has 3 N–H and O–H groups in total. The number of amides is 3. The van der Waals surface area contributed by atoms with Crippen molar-refractivity contribution in [2.45, 2.75) is 33.8 Å². The Balaban J connectivity index is 1.37. The van der Waals surface area contributed by atoms with Crippen molar-refractivity contribution in [1.29, 1.82) is 0 Å². The molecule has 2 aliphatic rings. The molecule has 1 fully saturated rings. The second kappa shape index (κ2) is 11.8. The molecule has 3 heterocycles. The highest BCUT2D eigenvalue weighted by molar-refractivity contribution is 9.10. The number of nitrogens with two attached hydrogens (primary N) is 1. The molecular weight excluding hydrogens is 733 g/mol. The number of anilines is 2. The number of rotatable bonds is 6. The zero-order chi connectivity index (χ0) is 33.1.